The van der Waals surface area contributed by atoms with Crippen LogP contribution >= 0.6 is 44.1 Å². The van der Waals surface area contributed by atoms with E-state index in [1.165, 1.54) is 0 Å². The van der Waals surface area contributed by atoms with Crippen LogP contribution in [-0.2, 0) is 16.0 Å². The SMILES string of the molecule is Cc1cc(Br)cc(Br)c1OCC(=O)NC(=S)NNC(=O)Cc1cccc2ccccc12. The van der Waals surface area contributed by atoms with Crippen LogP contribution in [0.5, 0.6) is 5.75 Å². The fourth-order valence-corrected chi connectivity index (χ4v) is 4.71. The minimum absolute atomic E-state index is 0.0218. The van der Waals surface area contributed by atoms with Crippen molar-refractivity contribution in [2.45, 2.75) is 13.3 Å². The standard InChI is InChI=1S/C22H19Br2N3O3S/c1-13-9-16(23)11-18(24)21(13)30-12-20(29)25-22(31)27-26-19(28)10-15-7-4-6-14-5-2-3-8-17(14)15/h2-9,11H,10,12H2,1H3,(H,26,28)(H2,25,27,29,31). The highest BCUT2D eigenvalue weighted by Gasteiger charge is 2.12. The Morgan fingerprint density at radius 2 is 1.74 bits per heavy atom. The number of carbonyl (C=O) groups excluding carboxylic acids is 2. The number of ether oxygens (including phenoxy) is 1. The van der Waals surface area contributed by atoms with Gasteiger partial charge in [0.25, 0.3) is 5.91 Å². The van der Waals surface area contributed by atoms with Crippen molar-refractivity contribution >= 4 is 71.8 Å². The van der Waals surface area contributed by atoms with Gasteiger partial charge in [-0.2, -0.15) is 0 Å². The van der Waals surface area contributed by atoms with Crippen LogP contribution in [-0.4, -0.2) is 23.5 Å². The second-order valence-corrected chi connectivity index (χ2v) is 8.87. The Labute approximate surface area is 202 Å². The van der Waals surface area contributed by atoms with Crippen LogP contribution in [0.15, 0.2) is 63.5 Å². The molecular formula is C22H19Br2N3O3S. The molecule has 0 heterocycles. The molecule has 0 aromatic heterocycles. The molecule has 3 aromatic carbocycles. The Balaban J connectivity index is 1.46. The first-order chi connectivity index (χ1) is 14.8. The van der Waals surface area contributed by atoms with Crippen molar-refractivity contribution in [3.8, 4) is 5.75 Å². The number of hydrogen-bond acceptors (Lipinski definition) is 4. The second kappa shape index (κ2) is 10.7. The molecule has 0 saturated heterocycles. The Bertz CT molecular complexity index is 1130. The molecule has 3 N–H and O–H groups in total. The number of fused-ring (bicyclic) bond motifs is 1. The summed E-state index contributed by atoms with van der Waals surface area (Å²) in [6.45, 7) is 1.65. The lowest BCUT2D eigenvalue weighted by molar-refractivity contribution is -0.122. The molecule has 0 spiro atoms. The van der Waals surface area contributed by atoms with Gasteiger partial charge in [0.05, 0.1) is 10.9 Å². The largest absolute Gasteiger partial charge is 0.482 e. The van der Waals surface area contributed by atoms with Gasteiger partial charge in [-0.05, 0) is 69.1 Å². The summed E-state index contributed by atoms with van der Waals surface area (Å²) in [4.78, 5) is 24.4. The molecule has 0 radical (unpaired) electrons. The zero-order chi connectivity index (χ0) is 22.4. The number of benzene rings is 3. The van der Waals surface area contributed by atoms with Gasteiger partial charge in [0.15, 0.2) is 11.7 Å². The number of thiocarbonyl (C=S) groups is 1. The number of nitrogens with one attached hydrogen (secondary N) is 3. The van der Waals surface area contributed by atoms with Crippen molar-refractivity contribution < 1.29 is 14.3 Å². The van der Waals surface area contributed by atoms with Gasteiger partial charge >= 0.3 is 0 Å². The lowest BCUT2D eigenvalue weighted by Crippen LogP contribution is -2.49. The van der Waals surface area contributed by atoms with Gasteiger partial charge in [-0.1, -0.05) is 58.4 Å². The molecule has 160 valence electrons. The maximum atomic E-state index is 12.3. The van der Waals surface area contributed by atoms with E-state index in [2.05, 4.69) is 48.0 Å². The van der Waals surface area contributed by atoms with Crippen LogP contribution in [0, 0.1) is 6.92 Å². The first-order valence-corrected chi connectivity index (χ1v) is 11.3. The van der Waals surface area contributed by atoms with Crippen LogP contribution in [0.1, 0.15) is 11.1 Å². The van der Waals surface area contributed by atoms with Crippen molar-refractivity contribution in [3.63, 3.8) is 0 Å². The van der Waals surface area contributed by atoms with Crippen molar-refractivity contribution in [2.24, 2.45) is 0 Å². The molecule has 0 aliphatic carbocycles. The lowest BCUT2D eigenvalue weighted by Gasteiger charge is -2.13. The molecule has 3 rings (SSSR count). The van der Waals surface area contributed by atoms with Crippen LogP contribution in [0.25, 0.3) is 10.8 Å². The number of rotatable bonds is 5. The quantitative estimate of drug-likeness (QED) is 0.318. The summed E-state index contributed by atoms with van der Waals surface area (Å²) in [7, 11) is 0. The summed E-state index contributed by atoms with van der Waals surface area (Å²) in [6, 6.07) is 17.4. The van der Waals surface area contributed by atoms with Gasteiger partial charge in [0.1, 0.15) is 5.75 Å². The van der Waals surface area contributed by atoms with Crippen molar-refractivity contribution in [1.29, 1.82) is 0 Å². The van der Waals surface area contributed by atoms with Crippen LogP contribution in [0.3, 0.4) is 0 Å². The molecule has 0 aliphatic rings. The summed E-state index contributed by atoms with van der Waals surface area (Å²) in [5.41, 5.74) is 6.81. The number of hydrazine groups is 1. The van der Waals surface area contributed by atoms with Crippen LogP contribution in [0.2, 0.25) is 0 Å². The Kier molecular flexibility index (Phi) is 8.00. The zero-order valence-corrected chi connectivity index (χ0v) is 20.5. The van der Waals surface area contributed by atoms with Gasteiger partial charge in [-0.3, -0.25) is 25.8 Å². The fraction of sp³-hybridized carbons (Fsp3) is 0.136. The van der Waals surface area contributed by atoms with Gasteiger partial charge < -0.3 is 4.74 Å². The van der Waals surface area contributed by atoms with Crippen LogP contribution < -0.4 is 20.9 Å². The molecule has 0 bridgehead atoms. The summed E-state index contributed by atoms with van der Waals surface area (Å²) in [5.74, 6) is -0.158. The van der Waals surface area contributed by atoms with E-state index in [1.807, 2.05) is 61.5 Å². The number of hydrogen-bond donors (Lipinski definition) is 3. The van der Waals surface area contributed by atoms with Gasteiger partial charge in [-0.15, -0.1) is 0 Å². The lowest BCUT2D eigenvalue weighted by atomic mass is 10.0. The van der Waals surface area contributed by atoms with E-state index in [1.54, 1.807) is 0 Å². The monoisotopic (exact) mass is 563 g/mol. The number of aryl methyl sites for hydroxylation is 1. The second-order valence-electron chi connectivity index (χ2n) is 6.69. The summed E-state index contributed by atoms with van der Waals surface area (Å²) in [6.07, 6.45) is 0.172. The highest BCUT2D eigenvalue weighted by atomic mass is 79.9. The summed E-state index contributed by atoms with van der Waals surface area (Å²) in [5, 5.41) is 4.53. The Morgan fingerprint density at radius 3 is 2.52 bits per heavy atom. The first-order valence-electron chi connectivity index (χ1n) is 9.27. The predicted octanol–water partition coefficient (Wildman–Crippen LogP) is 4.32. The Morgan fingerprint density at radius 1 is 1.00 bits per heavy atom. The minimum atomic E-state index is -0.449. The smallest absolute Gasteiger partial charge is 0.264 e. The number of amides is 2. The van der Waals surface area contributed by atoms with Gasteiger partial charge in [-0.25, -0.2) is 0 Å². The highest BCUT2D eigenvalue weighted by Crippen LogP contribution is 2.32. The van der Waals surface area contributed by atoms with Crippen molar-refractivity contribution in [2.75, 3.05) is 6.61 Å². The maximum absolute atomic E-state index is 12.3. The molecule has 9 heteroatoms. The van der Waals surface area contributed by atoms with E-state index in [0.717, 1.165) is 30.8 Å². The Hall–Kier alpha value is -2.49. The fourth-order valence-electron chi connectivity index (χ4n) is 2.99. The van der Waals surface area contributed by atoms with E-state index in [-0.39, 0.29) is 24.0 Å². The van der Waals surface area contributed by atoms with E-state index >= 15 is 0 Å². The third-order valence-corrected chi connectivity index (χ3v) is 5.59. The molecule has 0 atom stereocenters. The molecule has 0 fully saturated rings. The number of carbonyl (C=O) groups is 2. The van der Waals surface area contributed by atoms with Crippen LogP contribution in [0.4, 0.5) is 0 Å². The zero-order valence-electron chi connectivity index (χ0n) is 16.5. The normalized spacial score (nSPS) is 10.4. The molecule has 0 aliphatic heterocycles. The minimum Gasteiger partial charge on any atom is -0.482 e. The highest BCUT2D eigenvalue weighted by molar-refractivity contribution is 9.11. The van der Waals surface area contributed by atoms with Crippen molar-refractivity contribution in [3.05, 3.63) is 74.7 Å². The molecule has 3 aromatic rings. The molecular weight excluding hydrogens is 546 g/mol. The predicted molar refractivity (Wildman–Crippen MR) is 132 cm³/mol. The van der Waals surface area contributed by atoms with Crippen molar-refractivity contribution in [1.82, 2.24) is 16.2 Å². The van der Waals surface area contributed by atoms with E-state index < -0.39 is 5.91 Å². The van der Waals surface area contributed by atoms with E-state index in [4.69, 9.17) is 17.0 Å². The third-order valence-electron chi connectivity index (χ3n) is 4.34. The van der Waals surface area contributed by atoms with E-state index in [9.17, 15) is 9.59 Å². The average Bonchev–Trinajstić information content (AvgIpc) is 2.72. The topological polar surface area (TPSA) is 79.5 Å². The molecule has 0 saturated carbocycles. The molecule has 6 nitrogen and oxygen atoms in total. The first kappa shape index (κ1) is 23.2. The average molecular weight is 565 g/mol. The maximum Gasteiger partial charge on any atom is 0.264 e. The molecule has 2 amide bonds. The summed E-state index contributed by atoms with van der Waals surface area (Å²) < 4.78 is 7.21. The van der Waals surface area contributed by atoms with Gasteiger partial charge in [0, 0.05) is 4.47 Å². The molecule has 0 unspecified atom stereocenters. The summed E-state index contributed by atoms with van der Waals surface area (Å²) >= 11 is 11.9. The van der Waals surface area contributed by atoms with E-state index in [0.29, 0.717) is 5.75 Å². The third kappa shape index (κ3) is 6.49. The van der Waals surface area contributed by atoms with Gasteiger partial charge in [0.2, 0.25) is 5.91 Å². The number of halogens is 2. The molecule has 31 heavy (non-hydrogen) atoms.